The van der Waals surface area contributed by atoms with E-state index < -0.39 is 0 Å². The molecule has 8 heteroatoms. The number of thiazole rings is 1. The highest BCUT2D eigenvalue weighted by molar-refractivity contribution is 7.07. The Hall–Kier alpha value is -1.99. The van der Waals surface area contributed by atoms with E-state index in [0.29, 0.717) is 29.4 Å². The van der Waals surface area contributed by atoms with E-state index in [-0.39, 0.29) is 17.7 Å². The van der Waals surface area contributed by atoms with Crippen LogP contribution in [-0.4, -0.2) is 46.3 Å². The third kappa shape index (κ3) is 3.91. The normalized spacial score (nSPS) is 17.5. The highest BCUT2D eigenvalue weighted by Crippen LogP contribution is 2.19. The minimum Gasteiger partial charge on any atom is -0.352 e. The second-order valence-electron chi connectivity index (χ2n) is 5.70. The van der Waals surface area contributed by atoms with E-state index >= 15 is 0 Å². The summed E-state index contributed by atoms with van der Waals surface area (Å²) < 4.78 is 0. The SMILES string of the molecule is O=C(NC[C@@H]1CCCN(C(=O)c2cscn2)C1)c1ccncc1Cl. The van der Waals surface area contributed by atoms with E-state index in [2.05, 4.69) is 15.3 Å². The Morgan fingerprint density at radius 3 is 3.08 bits per heavy atom. The lowest BCUT2D eigenvalue weighted by Gasteiger charge is -2.32. The van der Waals surface area contributed by atoms with E-state index in [1.165, 1.54) is 23.7 Å². The van der Waals surface area contributed by atoms with Gasteiger partial charge in [-0.1, -0.05) is 11.6 Å². The lowest BCUT2D eigenvalue weighted by atomic mass is 9.97. The number of halogens is 1. The molecule has 2 aromatic rings. The summed E-state index contributed by atoms with van der Waals surface area (Å²) in [7, 11) is 0. The lowest BCUT2D eigenvalue weighted by Crippen LogP contribution is -2.43. The first-order chi connectivity index (χ1) is 11.6. The molecule has 0 spiro atoms. The Morgan fingerprint density at radius 2 is 2.33 bits per heavy atom. The molecule has 1 aliphatic heterocycles. The molecule has 0 radical (unpaired) electrons. The fourth-order valence-electron chi connectivity index (χ4n) is 2.79. The van der Waals surface area contributed by atoms with E-state index in [0.717, 1.165) is 19.4 Å². The summed E-state index contributed by atoms with van der Waals surface area (Å²) in [5.41, 5.74) is 2.57. The zero-order valence-electron chi connectivity index (χ0n) is 12.9. The van der Waals surface area contributed by atoms with E-state index in [4.69, 9.17) is 11.6 Å². The summed E-state index contributed by atoms with van der Waals surface area (Å²) in [6, 6.07) is 1.59. The van der Waals surface area contributed by atoms with Crippen LogP contribution in [0.4, 0.5) is 0 Å². The van der Waals surface area contributed by atoms with Gasteiger partial charge in [0.2, 0.25) is 0 Å². The first-order valence-corrected chi connectivity index (χ1v) is 9.02. The van der Waals surface area contributed by atoms with Crippen molar-refractivity contribution in [3.63, 3.8) is 0 Å². The molecule has 24 heavy (non-hydrogen) atoms. The Labute approximate surface area is 148 Å². The van der Waals surface area contributed by atoms with Crippen molar-refractivity contribution in [2.24, 2.45) is 5.92 Å². The predicted octanol–water partition coefficient (Wildman–Crippen LogP) is 2.47. The average Bonchev–Trinajstić information content (AvgIpc) is 3.14. The Morgan fingerprint density at radius 1 is 1.46 bits per heavy atom. The van der Waals surface area contributed by atoms with E-state index in [1.807, 2.05) is 4.90 Å². The van der Waals surface area contributed by atoms with Gasteiger partial charge in [-0.2, -0.15) is 0 Å². The number of nitrogens with one attached hydrogen (secondary N) is 1. The Bertz CT molecular complexity index is 723. The largest absolute Gasteiger partial charge is 0.352 e. The Kier molecular flexibility index (Phi) is 5.42. The zero-order valence-corrected chi connectivity index (χ0v) is 14.5. The van der Waals surface area contributed by atoms with Crippen molar-refractivity contribution in [2.45, 2.75) is 12.8 Å². The molecule has 0 aliphatic carbocycles. The number of aromatic nitrogens is 2. The van der Waals surface area contributed by atoms with Crippen LogP contribution in [0.25, 0.3) is 0 Å². The van der Waals surface area contributed by atoms with Crippen molar-refractivity contribution >= 4 is 34.8 Å². The highest BCUT2D eigenvalue weighted by atomic mass is 35.5. The van der Waals surface area contributed by atoms with Gasteiger partial charge in [0.25, 0.3) is 11.8 Å². The van der Waals surface area contributed by atoms with Gasteiger partial charge in [0.05, 0.1) is 16.1 Å². The van der Waals surface area contributed by atoms with Gasteiger partial charge >= 0.3 is 0 Å². The topological polar surface area (TPSA) is 75.2 Å². The minimum atomic E-state index is -0.217. The first-order valence-electron chi connectivity index (χ1n) is 7.70. The number of amides is 2. The van der Waals surface area contributed by atoms with Gasteiger partial charge in [-0.25, -0.2) is 4.98 Å². The molecule has 2 aromatic heterocycles. The van der Waals surface area contributed by atoms with Crippen LogP contribution in [0.2, 0.25) is 5.02 Å². The molecule has 1 fully saturated rings. The maximum absolute atomic E-state index is 12.4. The number of pyridine rings is 1. The maximum Gasteiger partial charge on any atom is 0.273 e. The molecule has 3 rings (SSSR count). The number of hydrogen-bond acceptors (Lipinski definition) is 5. The van der Waals surface area contributed by atoms with Crippen LogP contribution in [0.15, 0.2) is 29.4 Å². The Balaban J connectivity index is 1.55. The monoisotopic (exact) mass is 364 g/mol. The number of hydrogen-bond donors (Lipinski definition) is 1. The summed E-state index contributed by atoms with van der Waals surface area (Å²) in [5.74, 6) is -0.0271. The number of likely N-dealkylation sites (tertiary alicyclic amines) is 1. The molecule has 6 nitrogen and oxygen atoms in total. The van der Waals surface area contributed by atoms with Crippen molar-refractivity contribution in [1.29, 1.82) is 0 Å². The van der Waals surface area contributed by atoms with Crippen molar-refractivity contribution < 1.29 is 9.59 Å². The fourth-order valence-corrected chi connectivity index (χ4v) is 3.52. The van der Waals surface area contributed by atoms with Gasteiger partial charge in [-0.05, 0) is 24.8 Å². The minimum absolute atomic E-state index is 0.0375. The third-order valence-electron chi connectivity index (χ3n) is 4.03. The molecule has 0 bridgehead atoms. The number of carbonyl (C=O) groups is 2. The number of nitrogens with zero attached hydrogens (tertiary/aromatic N) is 3. The molecule has 2 amide bonds. The molecule has 1 N–H and O–H groups in total. The van der Waals surface area contributed by atoms with Gasteiger partial charge in [-0.3, -0.25) is 14.6 Å². The smallest absolute Gasteiger partial charge is 0.273 e. The van der Waals surface area contributed by atoms with Crippen LogP contribution in [0.3, 0.4) is 0 Å². The van der Waals surface area contributed by atoms with Crippen LogP contribution in [-0.2, 0) is 0 Å². The van der Waals surface area contributed by atoms with Gasteiger partial charge in [0, 0.05) is 37.4 Å². The molecule has 0 saturated carbocycles. The summed E-state index contributed by atoms with van der Waals surface area (Å²) in [4.78, 5) is 34.3. The van der Waals surface area contributed by atoms with Gasteiger partial charge < -0.3 is 10.2 Å². The van der Waals surface area contributed by atoms with Crippen LogP contribution in [0.1, 0.15) is 33.7 Å². The highest BCUT2D eigenvalue weighted by Gasteiger charge is 2.25. The molecule has 1 saturated heterocycles. The number of rotatable bonds is 4. The summed E-state index contributed by atoms with van der Waals surface area (Å²) in [5, 5.41) is 5.00. The molecule has 0 aromatic carbocycles. The predicted molar refractivity (Wildman–Crippen MR) is 92.3 cm³/mol. The van der Waals surface area contributed by atoms with Crippen LogP contribution < -0.4 is 5.32 Å². The number of piperidine rings is 1. The van der Waals surface area contributed by atoms with Crippen molar-refractivity contribution in [1.82, 2.24) is 20.2 Å². The maximum atomic E-state index is 12.4. The summed E-state index contributed by atoms with van der Waals surface area (Å²) in [6.45, 7) is 1.87. The molecule has 1 aliphatic rings. The van der Waals surface area contributed by atoms with Crippen LogP contribution >= 0.6 is 22.9 Å². The van der Waals surface area contributed by atoms with Crippen LogP contribution in [0.5, 0.6) is 0 Å². The second kappa shape index (κ2) is 7.72. The van der Waals surface area contributed by atoms with E-state index in [1.54, 1.807) is 17.0 Å². The molecule has 0 unspecified atom stereocenters. The zero-order chi connectivity index (χ0) is 16.9. The fraction of sp³-hybridized carbons (Fsp3) is 0.375. The third-order valence-corrected chi connectivity index (χ3v) is 4.91. The molecule has 3 heterocycles. The number of carbonyl (C=O) groups excluding carboxylic acids is 2. The summed E-state index contributed by atoms with van der Waals surface area (Å²) >= 11 is 7.39. The quantitative estimate of drug-likeness (QED) is 0.904. The van der Waals surface area contributed by atoms with Crippen molar-refractivity contribution in [3.8, 4) is 0 Å². The first kappa shape index (κ1) is 16.9. The molecule has 126 valence electrons. The van der Waals surface area contributed by atoms with Crippen LogP contribution in [0, 0.1) is 5.92 Å². The average molecular weight is 365 g/mol. The molecular weight excluding hydrogens is 348 g/mol. The van der Waals surface area contributed by atoms with Gasteiger partial charge in [0.15, 0.2) is 0 Å². The standard InChI is InChI=1S/C16H17ClN4O2S/c17-13-7-18-4-3-12(13)15(22)19-6-11-2-1-5-21(8-11)16(23)14-9-24-10-20-14/h3-4,7,9-11H,1-2,5-6,8H2,(H,19,22)/t11-/m0/s1. The van der Waals surface area contributed by atoms with Gasteiger partial charge in [0.1, 0.15) is 5.69 Å². The molecule has 1 atom stereocenters. The summed E-state index contributed by atoms with van der Waals surface area (Å²) in [6.07, 6.45) is 4.89. The second-order valence-corrected chi connectivity index (χ2v) is 6.82. The van der Waals surface area contributed by atoms with E-state index in [9.17, 15) is 9.59 Å². The lowest BCUT2D eigenvalue weighted by molar-refractivity contribution is 0.0666. The van der Waals surface area contributed by atoms with Crippen molar-refractivity contribution in [3.05, 3.63) is 45.6 Å². The molecular formula is C16H17ClN4O2S. The van der Waals surface area contributed by atoms with Gasteiger partial charge in [-0.15, -0.1) is 11.3 Å². The van der Waals surface area contributed by atoms with Crippen molar-refractivity contribution in [2.75, 3.05) is 19.6 Å².